The molecule has 0 bridgehead atoms. The maximum absolute atomic E-state index is 12.1. The van der Waals surface area contributed by atoms with Gasteiger partial charge in [0.15, 0.2) is 0 Å². The molecule has 1 rings (SSSR count). The van der Waals surface area contributed by atoms with Crippen LogP contribution in [0.15, 0.2) is 12.1 Å². The van der Waals surface area contributed by atoms with Crippen LogP contribution in [-0.2, 0) is 9.53 Å². The molecule has 0 aliphatic carbocycles. The predicted molar refractivity (Wildman–Crippen MR) is 81.8 cm³/mol. The summed E-state index contributed by atoms with van der Waals surface area (Å²) < 4.78 is 10.2. The van der Waals surface area contributed by atoms with Gasteiger partial charge < -0.3 is 14.8 Å². The van der Waals surface area contributed by atoms with Crippen molar-refractivity contribution < 1.29 is 19.1 Å². The molecule has 5 heteroatoms. The number of unbranched alkanes of at least 4 members (excludes halogenated alkanes) is 1. The molecule has 0 aliphatic heterocycles. The minimum Gasteiger partial charge on any atom is -0.497 e. The smallest absolute Gasteiger partial charge is 0.340 e. The van der Waals surface area contributed by atoms with Crippen molar-refractivity contribution in [2.75, 3.05) is 19.0 Å². The number of anilines is 1. The van der Waals surface area contributed by atoms with Gasteiger partial charge >= 0.3 is 5.97 Å². The van der Waals surface area contributed by atoms with Crippen molar-refractivity contribution in [1.29, 1.82) is 0 Å². The summed E-state index contributed by atoms with van der Waals surface area (Å²) in [6.07, 6.45) is 2.19. The van der Waals surface area contributed by atoms with Gasteiger partial charge in [0, 0.05) is 6.42 Å². The zero-order chi connectivity index (χ0) is 15.8. The van der Waals surface area contributed by atoms with Gasteiger partial charge in [0.05, 0.1) is 25.0 Å². The normalized spacial score (nSPS) is 10.1. The van der Waals surface area contributed by atoms with E-state index in [1.807, 2.05) is 13.8 Å². The number of esters is 1. The third-order valence-corrected chi connectivity index (χ3v) is 3.06. The second-order valence-electron chi connectivity index (χ2n) is 4.74. The topological polar surface area (TPSA) is 64.6 Å². The number of carbonyl (C=O) groups excluding carboxylic acids is 2. The number of ether oxygens (including phenoxy) is 2. The molecule has 0 aromatic heterocycles. The molecule has 21 heavy (non-hydrogen) atoms. The van der Waals surface area contributed by atoms with E-state index in [2.05, 4.69) is 5.32 Å². The van der Waals surface area contributed by atoms with Crippen LogP contribution in [0, 0.1) is 6.92 Å². The molecule has 0 heterocycles. The molecule has 0 fully saturated rings. The summed E-state index contributed by atoms with van der Waals surface area (Å²) in [6, 6.07) is 3.36. The van der Waals surface area contributed by atoms with Crippen LogP contribution in [0.25, 0.3) is 0 Å². The molecule has 0 spiro atoms. The third kappa shape index (κ3) is 4.77. The maximum atomic E-state index is 12.1. The Labute approximate surface area is 125 Å². The summed E-state index contributed by atoms with van der Waals surface area (Å²) in [7, 11) is 1.53. The molecule has 5 nitrogen and oxygen atoms in total. The summed E-state index contributed by atoms with van der Waals surface area (Å²) in [4.78, 5) is 24.0. The lowest BCUT2D eigenvalue weighted by Gasteiger charge is -2.15. The lowest BCUT2D eigenvalue weighted by atomic mass is 10.1. The van der Waals surface area contributed by atoms with Crippen LogP contribution >= 0.6 is 0 Å². The first-order chi connectivity index (χ1) is 10.0. The van der Waals surface area contributed by atoms with Crippen molar-refractivity contribution in [2.24, 2.45) is 0 Å². The number of aryl methyl sites for hydroxylation is 1. The van der Waals surface area contributed by atoms with Crippen LogP contribution in [0.5, 0.6) is 5.75 Å². The molecule has 1 N–H and O–H groups in total. The van der Waals surface area contributed by atoms with Crippen LogP contribution in [0.1, 0.15) is 49.0 Å². The monoisotopic (exact) mass is 293 g/mol. The highest BCUT2D eigenvalue weighted by Gasteiger charge is 2.18. The van der Waals surface area contributed by atoms with E-state index in [4.69, 9.17) is 9.47 Å². The molecule has 0 unspecified atom stereocenters. The molecule has 1 amide bonds. The first-order valence-corrected chi connectivity index (χ1v) is 7.19. The average Bonchev–Trinajstić information content (AvgIpc) is 2.47. The highest BCUT2D eigenvalue weighted by molar-refractivity contribution is 6.02. The second kappa shape index (κ2) is 8.29. The summed E-state index contributed by atoms with van der Waals surface area (Å²) in [6.45, 7) is 5.86. The molecule has 0 atom stereocenters. The van der Waals surface area contributed by atoms with Crippen molar-refractivity contribution in [1.82, 2.24) is 0 Å². The van der Waals surface area contributed by atoms with Crippen molar-refractivity contribution in [2.45, 2.75) is 40.0 Å². The molecule has 0 saturated heterocycles. The molecule has 0 aliphatic rings. The van der Waals surface area contributed by atoms with E-state index in [0.29, 0.717) is 23.4 Å². The zero-order valence-electron chi connectivity index (χ0n) is 13.1. The minimum absolute atomic E-state index is 0.101. The molecule has 0 saturated carbocycles. The Hall–Kier alpha value is -2.04. The van der Waals surface area contributed by atoms with Gasteiger partial charge in [-0.1, -0.05) is 13.3 Å². The Bertz CT molecular complexity index is 511. The highest BCUT2D eigenvalue weighted by atomic mass is 16.5. The van der Waals surface area contributed by atoms with Crippen molar-refractivity contribution >= 4 is 17.6 Å². The van der Waals surface area contributed by atoms with Gasteiger partial charge in [-0.15, -0.1) is 0 Å². The fraction of sp³-hybridized carbons (Fsp3) is 0.500. The molecular formula is C16H23NO4. The van der Waals surface area contributed by atoms with Gasteiger partial charge in [-0.05, 0) is 38.0 Å². The van der Waals surface area contributed by atoms with Gasteiger partial charge in [-0.25, -0.2) is 4.79 Å². The van der Waals surface area contributed by atoms with E-state index in [1.54, 1.807) is 19.1 Å². The number of amides is 1. The Morgan fingerprint density at radius 2 is 1.95 bits per heavy atom. The van der Waals surface area contributed by atoms with E-state index in [9.17, 15) is 9.59 Å². The minimum atomic E-state index is -0.467. The van der Waals surface area contributed by atoms with Crippen LogP contribution in [-0.4, -0.2) is 25.6 Å². The average molecular weight is 293 g/mol. The number of methoxy groups -OCH3 is 1. The number of hydrogen-bond acceptors (Lipinski definition) is 4. The molecule has 116 valence electrons. The first-order valence-electron chi connectivity index (χ1n) is 7.19. The van der Waals surface area contributed by atoms with Crippen molar-refractivity contribution in [3.8, 4) is 5.75 Å². The van der Waals surface area contributed by atoms with E-state index >= 15 is 0 Å². The van der Waals surface area contributed by atoms with E-state index in [1.165, 1.54) is 7.11 Å². The maximum Gasteiger partial charge on any atom is 0.340 e. The van der Waals surface area contributed by atoms with Gasteiger partial charge in [-0.2, -0.15) is 0 Å². The number of nitrogens with one attached hydrogen (secondary N) is 1. The van der Waals surface area contributed by atoms with Gasteiger partial charge in [0.2, 0.25) is 5.91 Å². The van der Waals surface area contributed by atoms with Gasteiger partial charge in [-0.3, -0.25) is 4.79 Å². The van der Waals surface area contributed by atoms with Crippen molar-refractivity contribution in [3.05, 3.63) is 23.3 Å². The fourth-order valence-electron chi connectivity index (χ4n) is 1.95. The Morgan fingerprint density at radius 3 is 2.52 bits per heavy atom. The lowest BCUT2D eigenvalue weighted by molar-refractivity contribution is -0.116. The molecule has 1 aromatic carbocycles. The van der Waals surface area contributed by atoms with E-state index in [-0.39, 0.29) is 12.5 Å². The number of hydrogen-bond donors (Lipinski definition) is 1. The van der Waals surface area contributed by atoms with Gasteiger partial charge in [0.1, 0.15) is 5.75 Å². The number of rotatable bonds is 7. The number of benzene rings is 1. The van der Waals surface area contributed by atoms with Crippen LogP contribution in [0.4, 0.5) is 5.69 Å². The predicted octanol–water partition coefficient (Wildman–Crippen LogP) is 3.31. The summed E-state index contributed by atoms with van der Waals surface area (Å²) in [5.41, 5.74) is 1.58. The largest absolute Gasteiger partial charge is 0.497 e. The van der Waals surface area contributed by atoms with Crippen LogP contribution in [0.2, 0.25) is 0 Å². The molecule has 1 aromatic rings. The second-order valence-corrected chi connectivity index (χ2v) is 4.74. The summed E-state index contributed by atoms with van der Waals surface area (Å²) in [5, 5.41) is 2.81. The summed E-state index contributed by atoms with van der Waals surface area (Å²) >= 11 is 0. The Kier molecular flexibility index (Phi) is 6.72. The lowest BCUT2D eigenvalue weighted by Crippen LogP contribution is -2.17. The standard InChI is InChI=1S/C16H23NO4/c1-5-7-8-14(18)17-15-11(3)9-12(20-4)10-13(15)16(19)21-6-2/h9-10H,5-8H2,1-4H3,(H,17,18). The number of carbonyl (C=O) groups is 2. The molecule has 0 radical (unpaired) electrons. The highest BCUT2D eigenvalue weighted by Crippen LogP contribution is 2.28. The van der Waals surface area contributed by atoms with E-state index in [0.717, 1.165) is 18.4 Å². The van der Waals surface area contributed by atoms with Crippen LogP contribution in [0.3, 0.4) is 0 Å². The third-order valence-electron chi connectivity index (χ3n) is 3.06. The first kappa shape index (κ1) is 17.0. The van der Waals surface area contributed by atoms with Crippen molar-refractivity contribution in [3.63, 3.8) is 0 Å². The quantitative estimate of drug-likeness (QED) is 0.783. The molecular weight excluding hydrogens is 270 g/mol. The Morgan fingerprint density at radius 1 is 1.24 bits per heavy atom. The summed E-state index contributed by atoms with van der Waals surface area (Å²) in [5.74, 6) is -0.0110. The van der Waals surface area contributed by atoms with Gasteiger partial charge in [0.25, 0.3) is 0 Å². The zero-order valence-corrected chi connectivity index (χ0v) is 13.1. The fourth-order valence-corrected chi connectivity index (χ4v) is 1.95. The Balaban J connectivity index is 3.09. The van der Waals surface area contributed by atoms with Crippen LogP contribution < -0.4 is 10.1 Å². The van der Waals surface area contributed by atoms with E-state index < -0.39 is 5.97 Å². The SMILES string of the molecule is CCCCC(=O)Nc1c(C)cc(OC)cc1C(=O)OCC.